The predicted octanol–water partition coefficient (Wildman–Crippen LogP) is 5.06. The maximum atomic E-state index is 12.5. The fraction of sp³-hybridized carbons (Fsp3) is 0.316. The second-order valence-corrected chi connectivity index (χ2v) is 6.02. The van der Waals surface area contributed by atoms with Crippen molar-refractivity contribution in [3.8, 4) is 5.75 Å². The third-order valence-electron chi connectivity index (χ3n) is 4.01. The van der Waals surface area contributed by atoms with E-state index in [4.69, 9.17) is 16.3 Å². The standard InChI is InChI=1S/C19H22ClNO2/c1-5-17(23-18-11-6-8-12(2)13(18)3)19(22)21-16-10-7-9-15(20)14(16)4/h6-11,17H,5H2,1-4H3,(H,21,22)/t17-/m0/s1. The number of aryl methyl sites for hydroxylation is 1. The molecule has 0 saturated heterocycles. The lowest BCUT2D eigenvalue weighted by atomic mass is 10.1. The highest BCUT2D eigenvalue weighted by Crippen LogP contribution is 2.25. The Bertz CT molecular complexity index is 713. The summed E-state index contributed by atoms with van der Waals surface area (Å²) < 4.78 is 5.93. The first kappa shape index (κ1) is 17.4. The van der Waals surface area contributed by atoms with Gasteiger partial charge in [-0.25, -0.2) is 0 Å². The molecule has 0 spiro atoms. The van der Waals surface area contributed by atoms with Gasteiger partial charge < -0.3 is 10.1 Å². The quantitative estimate of drug-likeness (QED) is 0.831. The first-order chi connectivity index (χ1) is 10.9. The fourth-order valence-corrected chi connectivity index (χ4v) is 2.46. The van der Waals surface area contributed by atoms with Crippen molar-refractivity contribution in [2.45, 2.75) is 40.2 Å². The monoisotopic (exact) mass is 331 g/mol. The van der Waals surface area contributed by atoms with Crippen LogP contribution in [0, 0.1) is 20.8 Å². The summed E-state index contributed by atoms with van der Waals surface area (Å²) in [4.78, 5) is 12.5. The molecule has 0 aliphatic carbocycles. The summed E-state index contributed by atoms with van der Waals surface area (Å²) in [5.41, 5.74) is 3.76. The van der Waals surface area contributed by atoms with Crippen LogP contribution in [-0.2, 0) is 4.79 Å². The van der Waals surface area contributed by atoms with Crippen molar-refractivity contribution in [2.75, 3.05) is 5.32 Å². The van der Waals surface area contributed by atoms with Crippen LogP contribution in [-0.4, -0.2) is 12.0 Å². The van der Waals surface area contributed by atoms with Crippen LogP contribution in [0.15, 0.2) is 36.4 Å². The SMILES string of the molecule is CC[C@H](Oc1cccc(C)c1C)C(=O)Nc1cccc(Cl)c1C. The van der Waals surface area contributed by atoms with Crippen LogP contribution in [0.3, 0.4) is 0 Å². The van der Waals surface area contributed by atoms with E-state index in [9.17, 15) is 4.79 Å². The van der Waals surface area contributed by atoms with Gasteiger partial charge in [0.2, 0.25) is 0 Å². The highest BCUT2D eigenvalue weighted by Gasteiger charge is 2.20. The molecule has 4 heteroatoms. The summed E-state index contributed by atoms with van der Waals surface area (Å²) in [6.07, 6.45) is 0.0348. The van der Waals surface area contributed by atoms with Gasteiger partial charge in [-0.05, 0) is 62.1 Å². The number of rotatable bonds is 5. The van der Waals surface area contributed by atoms with E-state index < -0.39 is 6.10 Å². The van der Waals surface area contributed by atoms with E-state index in [1.807, 2.05) is 58.0 Å². The average molecular weight is 332 g/mol. The van der Waals surface area contributed by atoms with Crippen molar-refractivity contribution in [1.29, 1.82) is 0 Å². The molecular formula is C19H22ClNO2. The van der Waals surface area contributed by atoms with E-state index >= 15 is 0 Å². The molecule has 2 rings (SSSR count). The molecule has 0 aliphatic rings. The van der Waals surface area contributed by atoms with Crippen LogP contribution < -0.4 is 10.1 Å². The molecule has 0 heterocycles. The Morgan fingerprint density at radius 1 is 1.13 bits per heavy atom. The van der Waals surface area contributed by atoms with E-state index in [0.29, 0.717) is 17.1 Å². The summed E-state index contributed by atoms with van der Waals surface area (Å²) >= 11 is 6.10. The Balaban J connectivity index is 2.15. The van der Waals surface area contributed by atoms with Crippen LogP contribution in [0.5, 0.6) is 5.75 Å². The highest BCUT2D eigenvalue weighted by molar-refractivity contribution is 6.31. The summed E-state index contributed by atoms with van der Waals surface area (Å²) in [6.45, 7) is 7.83. The Labute approximate surface area is 142 Å². The molecule has 2 aromatic rings. The lowest BCUT2D eigenvalue weighted by Crippen LogP contribution is -2.32. The van der Waals surface area contributed by atoms with Crippen molar-refractivity contribution >= 4 is 23.2 Å². The molecule has 0 bridgehead atoms. The van der Waals surface area contributed by atoms with Gasteiger partial charge in [-0.15, -0.1) is 0 Å². The number of ether oxygens (including phenoxy) is 1. The molecule has 1 amide bonds. The number of amides is 1. The van der Waals surface area contributed by atoms with Gasteiger partial charge in [-0.1, -0.05) is 36.7 Å². The van der Waals surface area contributed by atoms with E-state index in [-0.39, 0.29) is 5.91 Å². The first-order valence-electron chi connectivity index (χ1n) is 7.72. The van der Waals surface area contributed by atoms with Gasteiger partial charge in [-0.2, -0.15) is 0 Å². The first-order valence-corrected chi connectivity index (χ1v) is 8.10. The Hall–Kier alpha value is -2.00. The summed E-state index contributed by atoms with van der Waals surface area (Å²) in [5, 5.41) is 3.54. The summed E-state index contributed by atoms with van der Waals surface area (Å²) in [6, 6.07) is 11.3. The van der Waals surface area contributed by atoms with Gasteiger partial charge >= 0.3 is 0 Å². The normalized spacial score (nSPS) is 11.9. The van der Waals surface area contributed by atoms with Crippen LogP contribution in [0.25, 0.3) is 0 Å². The van der Waals surface area contributed by atoms with Crippen molar-refractivity contribution in [3.05, 3.63) is 58.1 Å². The minimum Gasteiger partial charge on any atom is -0.480 e. The van der Waals surface area contributed by atoms with Crippen molar-refractivity contribution in [1.82, 2.24) is 0 Å². The Kier molecular flexibility index (Phi) is 5.67. The lowest BCUT2D eigenvalue weighted by Gasteiger charge is -2.20. The van der Waals surface area contributed by atoms with Gasteiger partial charge in [0.15, 0.2) is 6.10 Å². The Morgan fingerprint density at radius 2 is 1.83 bits per heavy atom. The van der Waals surface area contributed by atoms with Gasteiger partial charge in [0, 0.05) is 10.7 Å². The number of carbonyl (C=O) groups is 1. The maximum Gasteiger partial charge on any atom is 0.265 e. The highest BCUT2D eigenvalue weighted by atomic mass is 35.5. The molecule has 0 aliphatic heterocycles. The van der Waals surface area contributed by atoms with Crippen molar-refractivity contribution < 1.29 is 9.53 Å². The molecule has 3 nitrogen and oxygen atoms in total. The Morgan fingerprint density at radius 3 is 2.52 bits per heavy atom. The fourth-order valence-electron chi connectivity index (χ4n) is 2.28. The number of hydrogen-bond donors (Lipinski definition) is 1. The molecule has 0 unspecified atom stereocenters. The predicted molar refractivity (Wildman–Crippen MR) is 95.4 cm³/mol. The van der Waals surface area contributed by atoms with Crippen molar-refractivity contribution in [3.63, 3.8) is 0 Å². The third-order valence-corrected chi connectivity index (χ3v) is 4.42. The zero-order valence-corrected chi connectivity index (χ0v) is 14.7. The van der Waals surface area contributed by atoms with E-state index in [2.05, 4.69) is 5.32 Å². The number of anilines is 1. The molecule has 1 atom stereocenters. The molecule has 0 aromatic heterocycles. The molecule has 1 N–H and O–H groups in total. The van der Waals surface area contributed by atoms with Crippen LogP contribution >= 0.6 is 11.6 Å². The average Bonchev–Trinajstić information content (AvgIpc) is 2.53. The zero-order valence-electron chi connectivity index (χ0n) is 13.9. The molecule has 0 saturated carbocycles. The third kappa shape index (κ3) is 4.05. The van der Waals surface area contributed by atoms with E-state index in [1.54, 1.807) is 6.07 Å². The summed E-state index contributed by atoms with van der Waals surface area (Å²) in [5.74, 6) is 0.577. The van der Waals surface area contributed by atoms with Gasteiger partial charge in [-0.3, -0.25) is 4.79 Å². The van der Waals surface area contributed by atoms with Crippen LogP contribution in [0.2, 0.25) is 5.02 Å². The van der Waals surface area contributed by atoms with E-state index in [0.717, 1.165) is 22.4 Å². The topological polar surface area (TPSA) is 38.3 Å². The molecule has 122 valence electrons. The minimum atomic E-state index is -0.547. The zero-order chi connectivity index (χ0) is 17.0. The molecule has 0 fully saturated rings. The number of hydrogen-bond acceptors (Lipinski definition) is 2. The smallest absolute Gasteiger partial charge is 0.265 e. The molecule has 0 radical (unpaired) electrons. The number of benzene rings is 2. The summed E-state index contributed by atoms with van der Waals surface area (Å²) in [7, 11) is 0. The van der Waals surface area contributed by atoms with Gasteiger partial charge in [0.25, 0.3) is 5.91 Å². The molecule has 2 aromatic carbocycles. The van der Waals surface area contributed by atoms with Crippen molar-refractivity contribution in [2.24, 2.45) is 0 Å². The number of carbonyl (C=O) groups excluding carboxylic acids is 1. The maximum absolute atomic E-state index is 12.5. The number of nitrogens with one attached hydrogen (secondary N) is 1. The second-order valence-electron chi connectivity index (χ2n) is 5.61. The van der Waals surface area contributed by atoms with E-state index in [1.165, 1.54) is 0 Å². The molecular weight excluding hydrogens is 310 g/mol. The van der Waals surface area contributed by atoms with Gasteiger partial charge in [0.1, 0.15) is 5.75 Å². The van der Waals surface area contributed by atoms with Crippen LogP contribution in [0.4, 0.5) is 5.69 Å². The largest absolute Gasteiger partial charge is 0.480 e. The molecule has 23 heavy (non-hydrogen) atoms. The number of halogens is 1. The van der Waals surface area contributed by atoms with Gasteiger partial charge in [0.05, 0.1) is 0 Å². The van der Waals surface area contributed by atoms with Crippen LogP contribution in [0.1, 0.15) is 30.0 Å². The second kappa shape index (κ2) is 7.51. The minimum absolute atomic E-state index is 0.168. The lowest BCUT2D eigenvalue weighted by molar-refractivity contribution is -0.122.